The molecule has 2 fully saturated rings. The maximum absolute atomic E-state index is 12.4. The molecule has 2 heterocycles. The van der Waals surface area contributed by atoms with Crippen LogP contribution in [0.2, 0.25) is 0 Å². The average molecular weight is 339 g/mol. The molecule has 7 heteroatoms. The van der Waals surface area contributed by atoms with Crippen molar-refractivity contribution in [1.82, 2.24) is 10.2 Å². The van der Waals surface area contributed by atoms with Gasteiger partial charge in [-0.1, -0.05) is 0 Å². The van der Waals surface area contributed by atoms with E-state index in [9.17, 15) is 13.2 Å². The topological polar surface area (TPSA) is 66.5 Å². The first kappa shape index (κ1) is 18.7. The van der Waals surface area contributed by atoms with Gasteiger partial charge in [0.15, 0.2) is 9.84 Å². The highest BCUT2D eigenvalue weighted by Gasteiger charge is 2.42. The molecule has 21 heavy (non-hydrogen) atoms. The van der Waals surface area contributed by atoms with Gasteiger partial charge in [0.25, 0.3) is 0 Å². The lowest BCUT2D eigenvalue weighted by atomic mass is 9.88. The van der Waals surface area contributed by atoms with Crippen molar-refractivity contribution >= 4 is 28.2 Å². The van der Waals surface area contributed by atoms with Crippen molar-refractivity contribution in [2.45, 2.75) is 50.3 Å². The summed E-state index contributed by atoms with van der Waals surface area (Å²) in [6.45, 7) is 5.48. The van der Waals surface area contributed by atoms with E-state index in [-0.39, 0.29) is 18.3 Å². The van der Waals surface area contributed by atoms with Gasteiger partial charge in [0.2, 0.25) is 5.91 Å². The lowest BCUT2D eigenvalue weighted by Gasteiger charge is -2.38. The second kappa shape index (κ2) is 6.84. The van der Waals surface area contributed by atoms with Crippen molar-refractivity contribution in [3.05, 3.63) is 0 Å². The van der Waals surface area contributed by atoms with Crippen LogP contribution in [0.25, 0.3) is 0 Å². The average Bonchev–Trinajstić information content (AvgIpc) is 2.90. The molecule has 5 nitrogen and oxygen atoms in total. The van der Waals surface area contributed by atoms with Gasteiger partial charge in [0, 0.05) is 25.4 Å². The first-order valence-electron chi connectivity index (χ1n) is 7.46. The molecular weight excluding hydrogens is 312 g/mol. The van der Waals surface area contributed by atoms with Crippen LogP contribution in [0.15, 0.2) is 0 Å². The quantitative estimate of drug-likeness (QED) is 0.840. The first-order valence-corrected chi connectivity index (χ1v) is 9.35. The maximum Gasteiger partial charge on any atom is 0.243 e. The molecular formula is C14H27ClN2O3S. The van der Waals surface area contributed by atoms with Crippen LogP contribution in [0.1, 0.15) is 39.5 Å². The van der Waals surface area contributed by atoms with E-state index in [1.54, 1.807) is 4.90 Å². The first-order chi connectivity index (χ1) is 9.23. The van der Waals surface area contributed by atoms with Gasteiger partial charge in [0.1, 0.15) is 4.75 Å². The number of nitrogens with one attached hydrogen (secondary N) is 1. The molecule has 1 atom stereocenters. The molecule has 1 N–H and O–H groups in total. The molecule has 0 radical (unpaired) electrons. The number of likely N-dealkylation sites (tertiary alicyclic amines) is 1. The summed E-state index contributed by atoms with van der Waals surface area (Å²) in [7, 11) is -3.38. The van der Waals surface area contributed by atoms with Crippen LogP contribution >= 0.6 is 12.4 Å². The standard InChI is InChI=1S/C14H26N2O3S.ClH/c1-14(2,20(3,18)19)13(17)16-9-6-11(7-10-16)12-5-4-8-15-12;/h11-12,15H,4-10H2,1-3H3;1H. The smallest absolute Gasteiger partial charge is 0.243 e. The Morgan fingerprint density at radius 2 is 1.76 bits per heavy atom. The van der Waals surface area contributed by atoms with E-state index in [1.165, 1.54) is 26.7 Å². The lowest BCUT2D eigenvalue weighted by molar-refractivity contribution is -0.134. The Morgan fingerprint density at radius 3 is 2.19 bits per heavy atom. The fourth-order valence-electron chi connectivity index (χ4n) is 3.16. The number of carbonyl (C=O) groups excluding carboxylic acids is 1. The maximum atomic E-state index is 12.4. The Bertz CT molecular complexity index is 465. The zero-order valence-electron chi connectivity index (χ0n) is 13.1. The number of piperidine rings is 1. The van der Waals surface area contributed by atoms with Gasteiger partial charge >= 0.3 is 0 Å². The zero-order chi connectivity index (χ0) is 15.0. The normalized spacial score (nSPS) is 24.7. The third-order valence-electron chi connectivity index (χ3n) is 4.94. The van der Waals surface area contributed by atoms with E-state index in [0.29, 0.717) is 25.0 Å². The van der Waals surface area contributed by atoms with Gasteiger partial charge in [-0.05, 0) is 52.0 Å². The van der Waals surface area contributed by atoms with E-state index in [2.05, 4.69) is 5.32 Å². The highest BCUT2D eigenvalue weighted by atomic mass is 35.5. The SMILES string of the molecule is CC(C)(C(=O)N1CCC(C2CCCN2)CC1)S(C)(=O)=O.Cl. The van der Waals surface area contributed by atoms with E-state index in [4.69, 9.17) is 0 Å². The third kappa shape index (κ3) is 3.90. The van der Waals surface area contributed by atoms with Gasteiger partial charge in [-0.15, -0.1) is 12.4 Å². The van der Waals surface area contributed by atoms with E-state index in [1.807, 2.05) is 0 Å². The summed E-state index contributed by atoms with van der Waals surface area (Å²) in [4.78, 5) is 14.2. The second-order valence-corrected chi connectivity index (χ2v) is 9.18. The third-order valence-corrected chi connectivity index (χ3v) is 6.96. The molecule has 2 aliphatic heterocycles. The summed E-state index contributed by atoms with van der Waals surface area (Å²) in [5, 5.41) is 3.53. The minimum atomic E-state index is -3.38. The summed E-state index contributed by atoms with van der Waals surface area (Å²) in [6, 6.07) is 0.593. The van der Waals surface area contributed by atoms with Crippen LogP contribution in [-0.4, -0.2) is 55.9 Å². The Hall–Kier alpha value is -0.330. The summed E-state index contributed by atoms with van der Waals surface area (Å²) >= 11 is 0. The number of hydrogen-bond donors (Lipinski definition) is 1. The Labute approximate surface area is 134 Å². The van der Waals surface area contributed by atoms with Gasteiger partial charge in [-0.25, -0.2) is 8.42 Å². The van der Waals surface area contributed by atoms with Crippen molar-refractivity contribution in [1.29, 1.82) is 0 Å². The summed E-state index contributed by atoms with van der Waals surface area (Å²) < 4.78 is 22.2. The number of hydrogen-bond acceptors (Lipinski definition) is 4. The van der Waals surface area contributed by atoms with E-state index in [0.717, 1.165) is 25.6 Å². The highest BCUT2D eigenvalue weighted by Crippen LogP contribution is 2.28. The monoisotopic (exact) mass is 338 g/mol. The minimum Gasteiger partial charge on any atom is -0.341 e. The Kier molecular flexibility index (Phi) is 6.09. The van der Waals surface area contributed by atoms with E-state index < -0.39 is 14.6 Å². The lowest BCUT2D eigenvalue weighted by Crippen LogP contribution is -2.53. The van der Waals surface area contributed by atoms with Crippen molar-refractivity contribution in [2.75, 3.05) is 25.9 Å². The molecule has 2 rings (SSSR count). The number of sulfone groups is 1. The van der Waals surface area contributed by atoms with Crippen molar-refractivity contribution in [3.63, 3.8) is 0 Å². The van der Waals surface area contributed by atoms with Gasteiger partial charge < -0.3 is 10.2 Å². The molecule has 0 saturated carbocycles. The van der Waals surface area contributed by atoms with Crippen molar-refractivity contribution < 1.29 is 13.2 Å². The molecule has 2 aliphatic rings. The molecule has 0 spiro atoms. The summed E-state index contributed by atoms with van der Waals surface area (Å²) in [6.07, 6.45) is 5.56. The molecule has 1 unspecified atom stereocenters. The molecule has 124 valence electrons. The number of carbonyl (C=O) groups is 1. The minimum absolute atomic E-state index is 0. The highest BCUT2D eigenvalue weighted by molar-refractivity contribution is 7.92. The predicted molar refractivity (Wildman–Crippen MR) is 86.5 cm³/mol. The van der Waals surface area contributed by atoms with Crippen LogP contribution in [0, 0.1) is 5.92 Å². The van der Waals surface area contributed by atoms with Crippen LogP contribution in [0.5, 0.6) is 0 Å². The van der Waals surface area contributed by atoms with Crippen LogP contribution < -0.4 is 5.32 Å². The fraction of sp³-hybridized carbons (Fsp3) is 0.929. The number of rotatable bonds is 3. The second-order valence-electron chi connectivity index (χ2n) is 6.61. The van der Waals surface area contributed by atoms with Gasteiger partial charge in [-0.3, -0.25) is 4.79 Å². The summed E-state index contributed by atoms with van der Waals surface area (Å²) in [5.74, 6) is 0.376. The molecule has 0 aliphatic carbocycles. The Balaban J connectivity index is 0.00000220. The molecule has 0 bridgehead atoms. The van der Waals surface area contributed by atoms with E-state index >= 15 is 0 Å². The summed E-state index contributed by atoms with van der Waals surface area (Å²) in [5.41, 5.74) is 0. The largest absolute Gasteiger partial charge is 0.341 e. The molecule has 0 aromatic heterocycles. The number of amides is 1. The van der Waals surface area contributed by atoms with Gasteiger partial charge in [0.05, 0.1) is 0 Å². The zero-order valence-corrected chi connectivity index (χ0v) is 14.7. The molecule has 0 aromatic carbocycles. The number of nitrogens with zero attached hydrogens (tertiary/aromatic N) is 1. The predicted octanol–water partition coefficient (Wildman–Crippen LogP) is 1.22. The fourth-order valence-corrected chi connectivity index (χ4v) is 3.60. The van der Waals surface area contributed by atoms with Crippen molar-refractivity contribution in [3.8, 4) is 0 Å². The van der Waals surface area contributed by atoms with Crippen molar-refractivity contribution in [2.24, 2.45) is 5.92 Å². The Morgan fingerprint density at radius 1 is 1.19 bits per heavy atom. The number of halogens is 1. The van der Waals surface area contributed by atoms with Gasteiger partial charge in [-0.2, -0.15) is 0 Å². The molecule has 2 saturated heterocycles. The van der Waals surface area contributed by atoms with Crippen LogP contribution in [-0.2, 0) is 14.6 Å². The van der Waals surface area contributed by atoms with Crippen LogP contribution in [0.3, 0.4) is 0 Å². The molecule has 1 amide bonds. The molecule has 0 aromatic rings. The van der Waals surface area contributed by atoms with Crippen LogP contribution in [0.4, 0.5) is 0 Å².